The fourth-order valence-corrected chi connectivity index (χ4v) is 3.82. The van der Waals surface area contributed by atoms with Crippen LogP contribution < -0.4 is 0 Å². The van der Waals surface area contributed by atoms with Crippen molar-refractivity contribution >= 4 is 17.5 Å². The summed E-state index contributed by atoms with van der Waals surface area (Å²) in [5.41, 5.74) is 3.51. The topological polar surface area (TPSA) is 77.0 Å². The molecule has 0 bridgehead atoms. The Kier molecular flexibility index (Phi) is 4.17. The normalized spacial score (nSPS) is 13.2. The van der Waals surface area contributed by atoms with E-state index in [4.69, 9.17) is 16.1 Å². The van der Waals surface area contributed by atoms with Gasteiger partial charge < -0.3 is 9.42 Å². The second-order valence-corrected chi connectivity index (χ2v) is 7.24. The van der Waals surface area contributed by atoms with Crippen molar-refractivity contribution in [1.82, 2.24) is 24.6 Å². The van der Waals surface area contributed by atoms with Gasteiger partial charge in [-0.3, -0.25) is 9.36 Å². The van der Waals surface area contributed by atoms with Crippen LogP contribution >= 0.6 is 11.6 Å². The first-order chi connectivity index (χ1) is 14.1. The van der Waals surface area contributed by atoms with Crippen LogP contribution in [-0.2, 0) is 13.1 Å². The van der Waals surface area contributed by atoms with E-state index in [1.165, 1.54) is 0 Å². The average molecular weight is 406 g/mol. The Morgan fingerprint density at radius 3 is 2.72 bits per heavy atom. The highest BCUT2D eigenvalue weighted by molar-refractivity contribution is 6.34. The summed E-state index contributed by atoms with van der Waals surface area (Å²) in [5.74, 6) is 0.718. The Balaban J connectivity index is 1.68. The van der Waals surface area contributed by atoms with Gasteiger partial charge in [0.25, 0.3) is 11.8 Å². The molecule has 0 unspecified atom stereocenters. The van der Waals surface area contributed by atoms with Crippen LogP contribution in [0.5, 0.6) is 0 Å². The zero-order valence-electron chi connectivity index (χ0n) is 15.5. The first-order valence-corrected chi connectivity index (χ1v) is 9.48. The summed E-state index contributed by atoms with van der Waals surface area (Å²) in [6, 6.07) is 15.2. The van der Waals surface area contributed by atoms with E-state index in [-0.39, 0.29) is 5.91 Å². The molecule has 5 rings (SSSR count). The number of rotatable bonds is 3. The molecule has 0 radical (unpaired) electrons. The Hall–Kier alpha value is -3.45. The smallest absolute Gasteiger partial charge is 0.278 e. The van der Waals surface area contributed by atoms with Crippen molar-refractivity contribution in [3.05, 3.63) is 82.5 Å². The largest absolute Gasteiger partial charge is 0.332 e. The van der Waals surface area contributed by atoms with E-state index in [0.717, 1.165) is 11.3 Å². The number of hydrogen-bond donors (Lipinski definition) is 0. The monoisotopic (exact) mass is 405 g/mol. The molecular weight excluding hydrogens is 390 g/mol. The number of halogens is 1. The standard InChI is InChI=1S/C21H16ClN5O2/c1-13-24-20(29-25-13)19-17-11-26(10-14-6-3-2-4-7-14)21(28)18-15(22)8-5-9-16(18)27(17)12-23-19/h2-9,12H,10-11H2,1H3. The van der Waals surface area contributed by atoms with Gasteiger partial charge in [-0.25, -0.2) is 4.98 Å². The van der Waals surface area contributed by atoms with Gasteiger partial charge in [-0.15, -0.1) is 0 Å². The summed E-state index contributed by atoms with van der Waals surface area (Å²) in [4.78, 5) is 24.0. The highest BCUT2D eigenvalue weighted by Crippen LogP contribution is 2.33. The lowest BCUT2D eigenvalue weighted by Crippen LogP contribution is -2.29. The van der Waals surface area contributed by atoms with E-state index in [9.17, 15) is 4.79 Å². The predicted molar refractivity (Wildman–Crippen MR) is 107 cm³/mol. The summed E-state index contributed by atoms with van der Waals surface area (Å²) in [6.45, 7) is 2.52. The third-order valence-electron chi connectivity index (χ3n) is 4.91. The molecule has 29 heavy (non-hydrogen) atoms. The van der Waals surface area contributed by atoms with Gasteiger partial charge in [0.1, 0.15) is 6.33 Å². The summed E-state index contributed by atoms with van der Waals surface area (Å²) < 4.78 is 7.22. The SMILES string of the molecule is Cc1noc(-c2ncn3c2CN(Cc2ccccc2)C(=O)c2c(Cl)cccc2-3)n1. The molecule has 4 aromatic rings. The molecule has 1 aliphatic heterocycles. The maximum absolute atomic E-state index is 13.4. The number of carbonyl (C=O) groups is 1. The van der Waals surface area contributed by atoms with Crippen molar-refractivity contribution < 1.29 is 9.32 Å². The van der Waals surface area contributed by atoms with E-state index >= 15 is 0 Å². The molecule has 0 saturated carbocycles. The summed E-state index contributed by atoms with van der Waals surface area (Å²) in [5, 5.41) is 4.27. The second-order valence-electron chi connectivity index (χ2n) is 6.84. The maximum atomic E-state index is 13.4. The van der Waals surface area contributed by atoms with Crippen LogP contribution in [0, 0.1) is 6.92 Å². The van der Waals surface area contributed by atoms with Crippen LogP contribution in [0.1, 0.15) is 27.4 Å². The Bertz CT molecular complexity index is 1220. The molecule has 7 nitrogen and oxygen atoms in total. The number of benzene rings is 2. The van der Waals surface area contributed by atoms with Crippen molar-refractivity contribution in [1.29, 1.82) is 0 Å². The fourth-order valence-electron chi connectivity index (χ4n) is 3.57. The highest BCUT2D eigenvalue weighted by Gasteiger charge is 2.31. The number of imidazole rings is 1. The van der Waals surface area contributed by atoms with Gasteiger partial charge in [-0.05, 0) is 24.6 Å². The fraction of sp³-hybridized carbons (Fsp3) is 0.143. The highest BCUT2D eigenvalue weighted by atomic mass is 35.5. The van der Waals surface area contributed by atoms with Gasteiger partial charge in [-0.2, -0.15) is 4.98 Å². The van der Waals surface area contributed by atoms with Gasteiger partial charge in [0.05, 0.1) is 28.5 Å². The van der Waals surface area contributed by atoms with Crippen LogP contribution in [0.15, 0.2) is 59.4 Å². The quantitative estimate of drug-likeness (QED) is 0.514. The molecule has 2 aromatic carbocycles. The molecule has 8 heteroatoms. The van der Waals surface area contributed by atoms with Gasteiger partial charge in [0, 0.05) is 6.54 Å². The van der Waals surface area contributed by atoms with Crippen molar-refractivity contribution in [2.75, 3.05) is 0 Å². The molecule has 0 saturated heterocycles. The van der Waals surface area contributed by atoms with E-state index in [0.29, 0.717) is 46.8 Å². The molecule has 0 spiro atoms. The number of fused-ring (bicyclic) bond motifs is 3. The van der Waals surface area contributed by atoms with E-state index in [1.54, 1.807) is 24.2 Å². The average Bonchev–Trinajstić information content (AvgIpc) is 3.31. The number of hydrogen-bond acceptors (Lipinski definition) is 5. The van der Waals surface area contributed by atoms with E-state index < -0.39 is 0 Å². The Morgan fingerprint density at radius 2 is 1.97 bits per heavy atom. The third kappa shape index (κ3) is 3.00. The summed E-state index contributed by atoms with van der Waals surface area (Å²) in [6.07, 6.45) is 1.67. The molecule has 1 amide bonds. The lowest BCUT2D eigenvalue weighted by atomic mass is 10.1. The minimum Gasteiger partial charge on any atom is -0.332 e. The number of amides is 1. The molecular formula is C21H16ClN5O2. The summed E-state index contributed by atoms with van der Waals surface area (Å²) >= 11 is 6.45. The molecule has 2 aromatic heterocycles. The van der Waals surface area contributed by atoms with E-state index in [1.807, 2.05) is 47.0 Å². The van der Waals surface area contributed by atoms with Crippen LogP contribution in [0.3, 0.4) is 0 Å². The molecule has 0 aliphatic carbocycles. The van der Waals surface area contributed by atoms with Crippen LogP contribution in [-0.4, -0.2) is 30.5 Å². The molecule has 0 fully saturated rings. The van der Waals surface area contributed by atoms with Crippen molar-refractivity contribution in [2.24, 2.45) is 0 Å². The lowest BCUT2D eigenvalue weighted by Gasteiger charge is -2.21. The molecule has 3 heterocycles. The summed E-state index contributed by atoms with van der Waals surface area (Å²) in [7, 11) is 0. The zero-order valence-corrected chi connectivity index (χ0v) is 16.3. The van der Waals surface area contributed by atoms with Gasteiger partial charge in [-0.1, -0.05) is 53.2 Å². The van der Waals surface area contributed by atoms with E-state index in [2.05, 4.69) is 15.1 Å². The maximum Gasteiger partial charge on any atom is 0.278 e. The second kappa shape index (κ2) is 6.86. The van der Waals surface area contributed by atoms with Gasteiger partial charge >= 0.3 is 0 Å². The van der Waals surface area contributed by atoms with Crippen molar-refractivity contribution in [3.8, 4) is 17.3 Å². The molecule has 0 N–H and O–H groups in total. The number of nitrogens with zero attached hydrogens (tertiary/aromatic N) is 5. The number of aromatic nitrogens is 4. The number of aryl methyl sites for hydroxylation is 1. The molecule has 1 aliphatic rings. The Morgan fingerprint density at radius 1 is 1.14 bits per heavy atom. The van der Waals surface area contributed by atoms with Crippen LogP contribution in [0.2, 0.25) is 5.02 Å². The molecule has 0 atom stereocenters. The van der Waals surface area contributed by atoms with Gasteiger partial charge in [0.15, 0.2) is 11.5 Å². The lowest BCUT2D eigenvalue weighted by molar-refractivity contribution is 0.0733. The predicted octanol–water partition coefficient (Wildman–Crippen LogP) is 4.04. The van der Waals surface area contributed by atoms with Gasteiger partial charge in [0.2, 0.25) is 0 Å². The Labute approximate surface area is 171 Å². The first-order valence-electron chi connectivity index (χ1n) is 9.11. The van der Waals surface area contributed by atoms with Crippen molar-refractivity contribution in [2.45, 2.75) is 20.0 Å². The van der Waals surface area contributed by atoms with Crippen LogP contribution in [0.4, 0.5) is 0 Å². The first kappa shape index (κ1) is 17.6. The van der Waals surface area contributed by atoms with Crippen LogP contribution in [0.25, 0.3) is 17.3 Å². The zero-order chi connectivity index (χ0) is 20.0. The minimum atomic E-state index is -0.134. The minimum absolute atomic E-state index is 0.134. The third-order valence-corrected chi connectivity index (χ3v) is 5.22. The number of carbonyl (C=O) groups excluding carboxylic acids is 1. The molecule has 144 valence electrons. The van der Waals surface area contributed by atoms with Crippen molar-refractivity contribution in [3.63, 3.8) is 0 Å².